The van der Waals surface area contributed by atoms with Crippen molar-refractivity contribution < 1.29 is 23.9 Å². The largest absolute Gasteiger partial charge is 0.494 e. The lowest BCUT2D eigenvalue weighted by Gasteiger charge is -2.19. The van der Waals surface area contributed by atoms with Gasteiger partial charge in [0.05, 0.1) is 18.2 Å². The van der Waals surface area contributed by atoms with Gasteiger partial charge < -0.3 is 14.3 Å². The van der Waals surface area contributed by atoms with Gasteiger partial charge in [0, 0.05) is 12.6 Å². The summed E-state index contributed by atoms with van der Waals surface area (Å²) in [7, 11) is 3.24. The molecule has 0 spiro atoms. The normalized spacial score (nSPS) is 15.1. The van der Waals surface area contributed by atoms with Gasteiger partial charge in [-0.2, -0.15) is 0 Å². The summed E-state index contributed by atoms with van der Waals surface area (Å²) in [6.45, 7) is 8.00. The molecule has 1 aliphatic rings. The van der Waals surface area contributed by atoms with Crippen molar-refractivity contribution in [2.45, 2.75) is 38.2 Å². The molecule has 1 saturated carbocycles. The number of carbonyl (C=O) groups excluding carboxylic acids is 2. The van der Waals surface area contributed by atoms with E-state index in [0.717, 1.165) is 40.7 Å². The molecular formula is C33H35N3O5. The van der Waals surface area contributed by atoms with Crippen molar-refractivity contribution >= 4 is 24.2 Å². The van der Waals surface area contributed by atoms with Crippen molar-refractivity contribution in [3.63, 3.8) is 0 Å². The van der Waals surface area contributed by atoms with Crippen LogP contribution in [0.15, 0.2) is 102 Å². The second-order valence-electron chi connectivity index (χ2n) is 9.90. The summed E-state index contributed by atoms with van der Waals surface area (Å²) < 4.78 is 11.3. The first-order valence-electron chi connectivity index (χ1n) is 13.3. The number of ether oxygens (including phenoxy) is 2. The van der Waals surface area contributed by atoms with Crippen LogP contribution in [0.2, 0.25) is 0 Å². The third-order valence-electron chi connectivity index (χ3n) is 7.19. The number of methoxy groups -OCH3 is 1. The van der Waals surface area contributed by atoms with Gasteiger partial charge in [0.15, 0.2) is 0 Å². The molecule has 3 aromatic rings. The number of benzene rings is 3. The highest BCUT2D eigenvalue weighted by Crippen LogP contribution is 2.49. The van der Waals surface area contributed by atoms with E-state index in [-0.39, 0.29) is 5.41 Å². The highest BCUT2D eigenvalue weighted by molar-refractivity contribution is 5.95. The first-order valence-corrected chi connectivity index (χ1v) is 13.3. The third kappa shape index (κ3) is 6.66. The summed E-state index contributed by atoms with van der Waals surface area (Å²) in [6.07, 6.45) is 0.832. The zero-order valence-corrected chi connectivity index (χ0v) is 23.8. The lowest BCUT2D eigenvalue weighted by atomic mass is 9.92. The number of alkyl carbamates (subject to hydrolysis) is 1. The van der Waals surface area contributed by atoms with E-state index < -0.39 is 12.2 Å². The molecule has 0 saturated heterocycles. The van der Waals surface area contributed by atoms with Gasteiger partial charge in [-0.1, -0.05) is 85.4 Å². The smallest absolute Gasteiger partial charge is 0.412 e. The van der Waals surface area contributed by atoms with E-state index in [9.17, 15) is 9.59 Å². The highest BCUT2D eigenvalue weighted by Gasteiger charge is 2.49. The van der Waals surface area contributed by atoms with Crippen LogP contribution in [0.25, 0.3) is 16.9 Å². The van der Waals surface area contributed by atoms with Crippen LogP contribution in [0.3, 0.4) is 0 Å². The van der Waals surface area contributed by atoms with Crippen LogP contribution >= 0.6 is 0 Å². The molecular weight excluding hydrogens is 518 g/mol. The summed E-state index contributed by atoms with van der Waals surface area (Å²) in [6, 6.07) is 25.7. The maximum absolute atomic E-state index is 12.8. The van der Waals surface area contributed by atoms with Crippen LogP contribution in [0.4, 0.5) is 4.79 Å². The zero-order valence-electron chi connectivity index (χ0n) is 23.8. The lowest BCUT2D eigenvalue weighted by molar-refractivity contribution is -0.132. The number of hydroxylamine groups is 1. The molecule has 2 N–H and O–H groups in total. The van der Waals surface area contributed by atoms with Gasteiger partial charge in [0.1, 0.15) is 17.7 Å². The van der Waals surface area contributed by atoms with Crippen LogP contribution in [0.1, 0.15) is 49.5 Å². The first-order chi connectivity index (χ1) is 19.8. The van der Waals surface area contributed by atoms with Crippen molar-refractivity contribution in [2.24, 2.45) is 4.99 Å². The van der Waals surface area contributed by atoms with E-state index in [1.807, 2.05) is 61.5 Å². The van der Waals surface area contributed by atoms with Gasteiger partial charge in [-0.05, 0) is 54.5 Å². The Balaban J connectivity index is 1.51. The summed E-state index contributed by atoms with van der Waals surface area (Å²) in [5.41, 5.74) is 8.33. The van der Waals surface area contributed by atoms with Crippen molar-refractivity contribution in [2.75, 3.05) is 14.2 Å². The minimum Gasteiger partial charge on any atom is -0.494 e. The number of carbonyl (C=O) groups is 2. The van der Waals surface area contributed by atoms with Gasteiger partial charge >= 0.3 is 12.6 Å². The van der Waals surface area contributed by atoms with E-state index in [1.165, 1.54) is 0 Å². The third-order valence-corrected chi connectivity index (χ3v) is 7.19. The fourth-order valence-electron chi connectivity index (χ4n) is 4.83. The predicted octanol–water partition coefficient (Wildman–Crippen LogP) is 6.47. The molecule has 8 nitrogen and oxygen atoms in total. The Labute approximate surface area is 240 Å². The Morgan fingerprint density at radius 3 is 2.12 bits per heavy atom. The number of amides is 1. The van der Waals surface area contributed by atoms with Gasteiger partial charge in [0.2, 0.25) is 0 Å². The average molecular weight is 554 g/mol. The topological polar surface area (TPSA) is 98.2 Å². The van der Waals surface area contributed by atoms with E-state index in [2.05, 4.69) is 46.6 Å². The molecule has 0 radical (unpaired) electrons. The Bertz CT molecular complexity index is 1440. The van der Waals surface area contributed by atoms with Crippen molar-refractivity contribution in [3.05, 3.63) is 113 Å². The van der Waals surface area contributed by atoms with E-state index >= 15 is 0 Å². The minimum atomic E-state index is -0.594. The number of nitrogens with zero attached hydrogens (tertiary/aromatic N) is 1. The fraction of sp³-hybridized carbons (Fsp3) is 0.242. The molecule has 1 fully saturated rings. The van der Waals surface area contributed by atoms with Crippen LogP contribution in [-0.2, 0) is 24.5 Å². The molecule has 1 atom stereocenters. The minimum absolute atomic E-state index is 0.260. The molecule has 0 bridgehead atoms. The molecule has 3 aromatic carbocycles. The molecule has 8 heteroatoms. The summed E-state index contributed by atoms with van der Waals surface area (Å²) >= 11 is 0. The lowest BCUT2D eigenvalue weighted by Crippen LogP contribution is -2.34. The molecule has 4 rings (SSSR count). The molecule has 1 amide bonds. The summed E-state index contributed by atoms with van der Waals surface area (Å²) in [5.74, 6) is 1.12. The Morgan fingerprint density at radius 2 is 1.61 bits per heavy atom. The molecule has 1 aliphatic carbocycles. The Kier molecular flexibility index (Phi) is 9.24. The van der Waals surface area contributed by atoms with Gasteiger partial charge in [-0.25, -0.2) is 10.3 Å². The quantitative estimate of drug-likeness (QED) is 0.0705. The molecule has 1 unspecified atom stereocenters. The number of aliphatic imine (C=N–C) groups is 1. The number of amidine groups is 1. The van der Waals surface area contributed by atoms with Crippen LogP contribution < -0.4 is 10.8 Å². The zero-order chi connectivity index (χ0) is 29.4. The maximum Gasteiger partial charge on any atom is 0.412 e. The standard InChI is InChI=1S/C33H35N3O5/c1-22(2)29(35-32(38)41-23(3)24-9-7-6-8-10-24)30(39-5)27-13-11-25(12-14-27)26-15-17-28(18-16-26)33(19-20-33)31(34-4)36-40-21-37/h6-18,21,23H,1,19-20H2,2-5H3,(H,34,36)(H,35,38)/b30-29+. The second kappa shape index (κ2) is 13.0. The van der Waals surface area contributed by atoms with Crippen LogP contribution in [0, 0.1) is 0 Å². The van der Waals surface area contributed by atoms with Crippen LogP contribution in [0.5, 0.6) is 0 Å². The second-order valence-corrected chi connectivity index (χ2v) is 9.90. The number of rotatable bonds is 11. The molecule has 41 heavy (non-hydrogen) atoms. The van der Waals surface area contributed by atoms with Crippen molar-refractivity contribution in [1.82, 2.24) is 10.8 Å². The van der Waals surface area contributed by atoms with E-state index in [4.69, 9.17) is 14.3 Å². The van der Waals surface area contributed by atoms with Gasteiger partial charge in [-0.3, -0.25) is 15.1 Å². The number of hydrogen-bond donors (Lipinski definition) is 2. The molecule has 0 aliphatic heterocycles. The SMILES string of the molecule is C=C(C)/C(NC(=O)OC(C)c1ccccc1)=C(\OC)c1ccc(-c2ccc(C3(C(=NC)NOC=O)CC3)cc2)cc1. The number of nitrogens with one attached hydrogen (secondary N) is 2. The Morgan fingerprint density at radius 1 is 1.00 bits per heavy atom. The highest BCUT2D eigenvalue weighted by atomic mass is 16.7. The van der Waals surface area contributed by atoms with E-state index in [0.29, 0.717) is 29.3 Å². The van der Waals surface area contributed by atoms with Gasteiger partial charge in [0.25, 0.3) is 0 Å². The van der Waals surface area contributed by atoms with E-state index in [1.54, 1.807) is 21.1 Å². The average Bonchev–Trinajstić information content (AvgIpc) is 3.80. The molecule has 0 heterocycles. The number of hydrogen-bond acceptors (Lipinski definition) is 6. The summed E-state index contributed by atoms with van der Waals surface area (Å²) in [4.78, 5) is 32.4. The maximum atomic E-state index is 12.8. The predicted molar refractivity (Wildman–Crippen MR) is 160 cm³/mol. The van der Waals surface area contributed by atoms with Gasteiger partial charge in [-0.15, -0.1) is 0 Å². The van der Waals surface area contributed by atoms with Crippen molar-refractivity contribution in [3.8, 4) is 11.1 Å². The first kappa shape index (κ1) is 29.1. The summed E-state index contributed by atoms with van der Waals surface area (Å²) in [5, 5.41) is 2.82. The molecule has 212 valence electrons. The number of allylic oxidation sites excluding steroid dienone is 1. The Hall–Kier alpha value is -4.85. The molecule has 0 aromatic heterocycles. The monoisotopic (exact) mass is 553 g/mol. The van der Waals surface area contributed by atoms with Crippen molar-refractivity contribution in [1.29, 1.82) is 0 Å². The van der Waals surface area contributed by atoms with Crippen LogP contribution in [-0.4, -0.2) is 32.6 Å². The fourth-order valence-corrected chi connectivity index (χ4v) is 4.83.